The second-order valence-corrected chi connectivity index (χ2v) is 6.20. The summed E-state index contributed by atoms with van der Waals surface area (Å²) < 4.78 is 10.3. The van der Waals surface area contributed by atoms with Gasteiger partial charge in [0.15, 0.2) is 0 Å². The molecule has 25 heavy (non-hydrogen) atoms. The number of thioether (sulfide) groups is 1. The van der Waals surface area contributed by atoms with Gasteiger partial charge in [-0.05, 0) is 25.0 Å². The molecule has 3 rings (SSSR count). The van der Waals surface area contributed by atoms with E-state index < -0.39 is 0 Å². The molecule has 0 saturated carbocycles. The van der Waals surface area contributed by atoms with Gasteiger partial charge in [-0.3, -0.25) is 4.52 Å². The highest BCUT2D eigenvalue weighted by molar-refractivity contribution is 7.99. The summed E-state index contributed by atoms with van der Waals surface area (Å²) >= 11 is 1.18. The van der Waals surface area contributed by atoms with E-state index in [0.717, 1.165) is 5.69 Å². The molecule has 1 saturated heterocycles. The lowest BCUT2D eigenvalue weighted by Gasteiger charge is -2.18. The van der Waals surface area contributed by atoms with Gasteiger partial charge in [-0.15, -0.1) is 5.01 Å². The summed E-state index contributed by atoms with van der Waals surface area (Å²) in [7, 11) is 0. The number of hydrogen-bond donors (Lipinski definition) is 0. The minimum atomic E-state index is -0.387. The molecular weight excluding hydrogens is 344 g/mol. The van der Waals surface area contributed by atoms with Crippen LogP contribution in [0.2, 0.25) is 0 Å². The molecule has 0 radical (unpaired) electrons. The third-order valence-corrected chi connectivity index (χ3v) is 4.38. The van der Waals surface area contributed by atoms with Gasteiger partial charge >= 0.3 is 5.88 Å². The molecule has 2 aromatic rings. The zero-order chi connectivity index (χ0) is 17.6. The molecule has 0 spiro atoms. The average Bonchev–Trinajstić information content (AvgIpc) is 3.09. The molecule has 0 unspecified atom stereocenters. The largest absolute Gasteiger partial charge is 0.861 e. The van der Waals surface area contributed by atoms with Gasteiger partial charge in [-0.1, -0.05) is 11.8 Å². The number of aliphatic imine (C=N–C) groups is 1. The van der Waals surface area contributed by atoms with Crippen molar-refractivity contribution in [2.45, 2.75) is 11.9 Å². The summed E-state index contributed by atoms with van der Waals surface area (Å²) in [6.45, 7) is 4.45. The summed E-state index contributed by atoms with van der Waals surface area (Å²) in [5.41, 5.74) is 1.22. The van der Waals surface area contributed by atoms with Gasteiger partial charge in [-0.2, -0.15) is 5.26 Å². The molecule has 2 aromatic heterocycles. The first-order chi connectivity index (χ1) is 12.2. The molecular formula is C15H16N6O3S. The lowest BCUT2D eigenvalue weighted by atomic mass is 10.3. The maximum atomic E-state index is 12.0. The molecule has 1 fully saturated rings. The van der Waals surface area contributed by atoms with Crippen LogP contribution in [0.25, 0.3) is 0 Å². The predicted octanol–water partition coefficient (Wildman–Crippen LogP) is -0.312. The van der Waals surface area contributed by atoms with E-state index in [1.54, 1.807) is 18.3 Å². The van der Waals surface area contributed by atoms with Crippen LogP contribution in [0.4, 0.5) is 5.88 Å². The predicted molar refractivity (Wildman–Crippen MR) is 87.0 cm³/mol. The Labute approximate surface area is 148 Å². The van der Waals surface area contributed by atoms with Crippen molar-refractivity contribution in [3.63, 3.8) is 0 Å². The van der Waals surface area contributed by atoms with Gasteiger partial charge < -0.3 is 9.84 Å². The van der Waals surface area contributed by atoms with Crippen LogP contribution in [0.15, 0.2) is 32.9 Å². The summed E-state index contributed by atoms with van der Waals surface area (Å²) in [4.78, 5) is 9.69. The highest BCUT2D eigenvalue weighted by Crippen LogP contribution is 2.20. The Hall–Kier alpha value is -2.64. The maximum Gasteiger partial charge on any atom is 0.324 e. The molecule has 0 aromatic carbocycles. The normalized spacial score (nSPS) is 15.2. The Morgan fingerprint density at radius 2 is 2.28 bits per heavy atom. The van der Waals surface area contributed by atoms with E-state index in [4.69, 9.17) is 14.5 Å². The molecule has 10 heteroatoms. The Kier molecular flexibility index (Phi) is 5.47. The molecule has 0 amide bonds. The van der Waals surface area contributed by atoms with E-state index in [9.17, 15) is 5.11 Å². The van der Waals surface area contributed by atoms with Crippen LogP contribution in [-0.2, 0) is 4.74 Å². The van der Waals surface area contributed by atoms with Crippen LogP contribution in [0.3, 0.4) is 0 Å². The molecule has 0 N–H and O–H groups in total. The Morgan fingerprint density at radius 1 is 1.48 bits per heavy atom. The third kappa shape index (κ3) is 4.46. The number of nitriles is 1. The van der Waals surface area contributed by atoms with Gasteiger partial charge in [0, 0.05) is 11.4 Å². The fourth-order valence-corrected chi connectivity index (χ4v) is 2.99. The van der Waals surface area contributed by atoms with Crippen molar-refractivity contribution in [3.8, 4) is 6.07 Å². The van der Waals surface area contributed by atoms with Crippen LogP contribution in [0.1, 0.15) is 11.3 Å². The van der Waals surface area contributed by atoms with Gasteiger partial charge in [-0.25, -0.2) is 9.98 Å². The van der Waals surface area contributed by atoms with E-state index in [0.29, 0.717) is 36.9 Å². The van der Waals surface area contributed by atoms with Crippen LogP contribution in [0.5, 0.6) is 0 Å². The van der Waals surface area contributed by atoms with Crippen LogP contribution >= 0.6 is 11.8 Å². The maximum absolute atomic E-state index is 12.0. The molecule has 0 bridgehead atoms. The second kappa shape index (κ2) is 7.96. The Bertz CT molecular complexity index is 810. The number of ether oxygens (including phenoxy) is 1. The third-order valence-electron chi connectivity index (χ3n) is 3.41. The van der Waals surface area contributed by atoms with E-state index in [1.165, 1.54) is 16.6 Å². The van der Waals surface area contributed by atoms with Gasteiger partial charge in [0.1, 0.15) is 11.1 Å². The number of aromatic nitrogens is 3. The first-order valence-electron chi connectivity index (χ1n) is 7.62. The number of nitrogens with zero attached hydrogens (tertiary/aromatic N) is 6. The molecule has 1 aliphatic heterocycles. The minimum Gasteiger partial charge on any atom is -0.861 e. The van der Waals surface area contributed by atoms with Crippen molar-refractivity contribution >= 4 is 23.5 Å². The smallest absolute Gasteiger partial charge is 0.324 e. The Balaban J connectivity index is 1.63. The zero-order valence-corrected chi connectivity index (χ0v) is 14.4. The van der Waals surface area contributed by atoms with Crippen molar-refractivity contribution in [2.24, 2.45) is 4.99 Å². The summed E-state index contributed by atoms with van der Waals surface area (Å²) in [6.07, 6.45) is 1.56. The Morgan fingerprint density at radius 3 is 3.04 bits per heavy atom. The average molecular weight is 360 g/mol. The van der Waals surface area contributed by atoms with E-state index in [2.05, 4.69) is 21.3 Å². The summed E-state index contributed by atoms with van der Waals surface area (Å²) in [5.74, 6) is -0.194. The van der Waals surface area contributed by atoms with E-state index in [1.807, 2.05) is 11.9 Å². The number of aryl methyl sites for hydroxylation is 1. The zero-order valence-electron chi connectivity index (χ0n) is 13.6. The standard InChI is InChI=1S/C15H16N6O3S/c1-11-2-3-12(8-16)15(17-11)25-10-13(22)18-14-9-21(19-24-14)20-4-6-23-7-5-20/h2-3,9H,4-7,10H2,1H3. The SMILES string of the molecule is Cc1ccc(C#N)c(SC/C([O-])=N/c2c[n+](N3CCOCC3)no2)n1. The van der Waals surface area contributed by atoms with Crippen LogP contribution in [0, 0.1) is 18.3 Å². The topological polar surface area (TPSA) is 114 Å². The van der Waals surface area contributed by atoms with Gasteiger partial charge in [0.05, 0.1) is 36.7 Å². The van der Waals surface area contributed by atoms with Crippen LogP contribution in [-0.4, -0.2) is 48.2 Å². The van der Waals surface area contributed by atoms with Gasteiger partial charge in [0.25, 0.3) is 6.20 Å². The van der Waals surface area contributed by atoms with Crippen molar-refractivity contribution in [2.75, 3.05) is 37.1 Å². The molecule has 3 heterocycles. The minimum absolute atomic E-state index is 0.0589. The molecule has 0 atom stereocenters. The van der Waals surface area contributed by atoms with Crippen molar-refractivity contribution in [3.05, 3.63) is 29.6 Å². The highest BCUT2D eigenvalue weighted by Gasteiger charge is 2.22. The number of rotatable bonds is 5. The number of hydrogen-bond acceptors (Lipinski definition) is 9. The lowest BCUT2D eigenvalue weighted by Crippen LogP contribution is -2.62. The molecule has 9 nitrogen and oxygen atoms in total. The van der Waals surface area contributed by atoms with E-state index in [-0.39, 0.29) is 17.5 Å². The van der Waals surface area contributed by atoms with Crippen molar-refractivity contribution in [1.82, 2.24) is 10.3 Å². The molecule has 130 valence electrons. The number of pyridine rings is 1. The van der Waals surface area contributed by atoms with Crippen molar-refractivity contribution < 1.29 is 19.2 Å². The number of morpholine rings is 1. The van der Waals surface area contributed by atoms with E-state index >= 15 is 0 Å². The fourth-order valence-electron chi connectivity index (χ4n) is 2.18. The second-order valence-electron chi connectivity index (χ2n) is 5.24. The molecule has 0 aliphatic carbocycles. The monoisotopic (exact) mass is 360 g/mol. The summed E-state index contributed by atoms with van der Waals surface area (Å²) in [6, 6.07) is 5.51. The first kappa shape index (κ1) is 17.2. The van der Waals surface area contributed by atoms with Gasteiger partial charge in [0.2, 0.25) is 5.27 Å². The first-order valence-corrected chi connectivity index (χ1v) is 8.61. The van der Waals surface area contributed by atoms with Crippen molar-refractivity contribution in [1.29, 1.82) is 5.26 Å². The summed E-state index contributed by atoms with van der Waals surface area (Å²) in [5, 5.41) is 27.4. The lowest BCUT2D eigenvalue weighted by molar-refractivity contribution is -0.759. The van der Waals surface area contributed by atoms with Crippen LogP contribution < -0.4 is 14.9 Å². The highest BCUT2D eigenvalue weighted by atomic mass is 32.2. The quantitative estimate of drug-likeness (QED) is 0.309. The fraction of sp³-hybridized carbons (Fsp3) is 0.400. The molecule has 1 aliphatic rings.